The first-order valence-electron chi connectivity index (χ1n) is 7.68. The number of carbonyl (C=O) groups is 2. The molecule has 8 heteroatoms. The van der Waals surface area contributed by atoms with Crippen LogP contribution in [0.2, 0.25) is 0 Å². The molecule has 2 aromatic rings. The number of nitrogen functional groups attached to an aromatic ring is 1. The highest BCUT2D eigenvalue weighted by molar-refractivity contribution is 5.98. The van der Waals surface area contributed by atoms with Crippen LogP contribution in [-0.4, -0.2) is 19.0 Å². The van der Waals surface area contributed by atoms with Crippen molar-refractivity contribution in [3.05, 3.63) is 70.5 Å². The summed E-state index contributed by atoms with van der Waals surface area (Å²) in [6.45, 7) is 1.40. The summed E-state index contributed by atoms with van der Waals surface area (Å²) in [6, 6.07) is 9.90. The number of ether oxygens (including phenoxy) is 2. The van der Waals surface area contributed by atoms with Crippen LogP contribution in [0.15, 0.2) is 48.2 Å². The molecule has 0 aliphatic rings. The summed E-state index contributed by atoms with van der Waals surface area (Å²) in [7, 11) is 1.06. The van der Waals surface area contributed by atoms with Gasteiger partial charge in [0.2, 0.25) is 5.76 Å². The maximum atomic E-state index is 13.1. The summed E-state index contributed by atoms with van der Waals surface area (Å²) in [6.07, 6.45) is -3.68. The zero-order valence-corrected chi connectivity index (χ0v) is 14.5. The molecule has 0 unspecified atom stereocenters. The lowest BCUT2D eigenvalue weighted by Gasteiger charge is -2.14. The van der Waals surface area contributed by atoms with Crippen molar-refractivity contribution in [3.63, 3.8) is 0 Å². The number of rotatable bonds is 4. The summed E-state index contributed by atoms with van der Waals surface area (Å²) in [4.78, 5) is 24.0. The molecular weight excluding hydrogens is 363 g/mol. The lowest BCUT2D eigenvalue weighted by Crippen LogP contribution is -2.14. The van der Waals surface area contributed by atoms with Crippen molar-refractivity contribution in [2.45, 2.75) is 13.1 Å². The van der Waals surface area contributed by atoms with E-state index in [4.69, 9.17) is 10.5 Å². The Morgan fingerprint density at radius 2 is 1.74 bits per heavy atom. The van der Waals surface area contributed by atoms with Gasteiger partial charge < -0.3 is 15.2 Å². The fourth-order valence-electron chi connectivity index (χ4n) is 2.26. The van der Waals surface area contributed by atoms with E-state index >= 15 is 0 Å². The Bertz CT molecular complexity index is 890. The molecule has 2 aromatic carbocycles. The molecule has 0 spiro atoms. The number of methoxy groups -OCH3 is 1. The standard InChI is InChI=1S/C19H16F3NO4/c1-11-8-12(9-14(16(11)23)19(20,21)22)10-15(18(25)26-2)27-17(24)13-6-4-3-5-7-13/h3-10H,23H2,1-2H3/b15-10+. The second-order valence-corrected chi connectivity index (χ2v) is 5.55. The van der Waals surface area contributed by atoms with Crippen molar-refractivity contribution < 1.29 is 32.2 Å². The summed E-state index contributed by atoms with van der Waals surface area (Å²) in [5.74, 6) is -2.42. The minimum absolute atomic E-state index is 0.0183. The van der Waals surface area contributed by atoms with Crippen molar-refractivity contribution in [1.82, 2.24) is 0 Å². The number of nitrogens with two attached hydrogens (primary N) is 1. The van der Waals surface area contributed by atoms with Crippen molar-refractivity contribution in [2.75, 3.05) is 12.8 Å². The second-order valence-electron chi connectivity index (χ2n) is 5.55. The van der Waals surface area contributed by atoms with Gasteiger partial charge in [-0.25, -0.2) is 9.59 Å². The normalized spacial score (nSPS) is 11.8. The van der Waals surface area contributed by atoms with Crippen LogP contribution in [0.1, 0.15) is 27.0 Å². The van der Waals surface area contributed by atoms with E-state index in [1.54, 1.807) is 18.2 Å². The molecule has 0 heterocycles. The topological polar surface area (TPSA) is 78.6 Å². The van der Waals surface area contributed by atoms with Gasteiger partial charge in [-0.15, -0.1) is 0 Å². The zero-order chi connectivity index (χ0) is 20.2. The number of carbonyl (C=O) groups excluding carboxylic acids is 2. The molecular formula is C19H16F3NO4. The molecule has 0 aliphatic carbocycles. The smallest absolute Gasteiger partial charge is 0.418 e. The van der Waals surface area contributed by atoms with Crippen LogP contribution in [-0.2, 0) is 20.4 Å². The van der Waals surface area contributed by atoms with Gasteiger partial charge in [0.15, 0.2) is 0 Å². The van der Waals surface area contributed by atoms with Crippen LogP contribution in [0, 0.1) is 6.92 Å². The SMILES string of the molecule is COC(=O)/C(=C\c1cc(C)c(N)c(C(F)(F)F)c1)OC(=O)c1ccccc1. The van der Waals surface area contributed by atoms with Gasteiger partial charge in [0, 0.05) is 5.69 Å². The van der Waals surface area contributed by atoms with Gasteiger partial charge in [-0.05, 0) is 48.4 Å². The lowest BCUT2D eigenvalue weighted by atomic mass is 10.0. The largest absolute Gasteiger partial charge is 0.463 e. The number of hydrogen-bond donors (Lipinski definition) is 1. The molecule has 0 aliphatic heterocycles. The van der Waals surface area contributed by atoms with Gasteiger partial charge in [-0.2, -0.15) is 13.2 Å². The minimum Gasteiger partial charge on any atom is -0.463 e. The number of aryl methyl sites for hydroxylation is 1. The van der Waals surface area contributed by atoms with E-state index in [9.17, 15) is 22.8 Å². The average molecular weight is 379 g/mol. The van der Waals surface area contributed by atoms with E-state index in [1.807, 2.05) is 0 Å². The Labute approximate surface area is 153 Å². The Kier molecular flexibility index (Phi) is 5.89. The van der Waals surface area contributed by atoms with Gasteiger partial charge in [0.25, 0.3) is 0 Å². The highest BCUT2D eigenvalue weighted by Gasteiger charge is 2.34. The summed E-state index contributed by atoms with van der Waals surface area (Å²) in [5, 5.41) is 0. The molecule has 0 fully saturated rings. The summed E-state index contributed by atoms with van der Waals surface area (Å²) < 4.78 is 48.9. The molecule has 0 aromatic heterocycles. The second kappa shape index (κ2) is 7.94. The third kappa shape index (κ3) is 4.87. The number of esters is 2. The van der Waals surface area contributed by atoms with Crippen LogP contribution in [0.5, 0.6) is 0 Å². The van der Waals surface area contributed by atoms with E-state index in [0.717, 1.165) is 19.3 Å². The maximum Gasteiger partial charge on any atom is 0.418 e. The van der Waals surface area contributed by atoms with E-state index in [-0.39, 0.29) is 16.7 Å². The molecule has 142 valence electrons. The van der Waals surface area contributed by atoms with Crippen molar-refractivity contribution >= 4 is 23.7 Å². The molecule has 0 radical (unpaired) electrons. The number of benzene rings is 2. The van der Waals surface area contributed by atoms with Crippen LogP contribution in [0.25, 0.3) is 6.08 Å². The molecule has 0 bridgehead atoms. The van der Waals surface area contributed by atoms with Gasteiger partial charge in [0.05, 0.1) is 18.2 Å². The van der Waals surface area contributed by atoms with Gasteiger partial charge in [0.1, 0.15) is 0 Å². The van der Waals surface area contributed by atoms with Crippen LogP contribution in [0.3, 0.4) is 0 Å². The fraction of sp³-hybridized carbons (Fsp3) is 0.158. The van der Waals surface area contributed by atoms with E-state index < -0.39 is 35.1 Å². The molecule has 2 rings (SSSR count). The quantitative estimate of drug-likeness (QED) is 0.376. The minimum atomic E-state index is -4.68. The third-order valence-corrected chi connectivity index (χ3v) is 3.61. The predicted octanol–water partition coefficient (Wildman–Crippen LogP) is 3.97. The fourth-order valence-corrected chi connectivity index (χ4v) is 2.26. The van der Waals surface area contributed by atoms with Crippen LogP contribution >= 0.6 is 0 Å². The molecule has 2 N–H and O–H groups in total. The monoisotopic (exact) mass is 379 g/mol. The van der Waals surface area contributed by atoms with E-state index in [0.29, 0.717) is 0 Å². The van der Waals surface area contributed by atoms with Gasteiger partial charge in [-0.3, -0.25) is 0 Å². The zero-order valence-electron chi connectivity index (χ0n) is 14.5. The number of anilines is 1. The van der Waals surface area contributed by atoms with Crippen LogP contribution < -0.4 is 5.73 Å². The maximum absolute atomic E-state index is 13.1. The average Bonchev–Trinajstić information content (AvgIpc) is 2.62. The molecule has 0 saturated carbocycles. The Morgan fingerprint density at radius 3 is 2.30 bits per heavy atom. The Balaban J connectivity index is 2.45. The van der Waals surface area contributed by atoms with E-state index in [1.165, 1.54) is 25.1 Å². The Morgan fingerprint density at radius 1 is 1.11 bits per heavy atom. The Hall–Kier alpha value is -3.29. The number of hydrogen-bond acceptors (Lipinski definition) is 5. The van der Waals surface area contributed by atoms with Crippen molar-refractivity contribution in [3.8, 4) is 0 Å². The summed E-state index contributed by atoms with van der Waals surface area (Å²) in [5.41, 5.74) is 4.34. The molecule has 0 amide bonds. The lowest BCUT2D eigenvalue weighted by molar-refractivity contribution is -0.139. The predicted molar refractivity (Wildman–Crippen MR) is 92.4 cm³/mol. The first-order valence-corrected chi connectivity index (χ1v) is 7.68. The van der Waals surface area contributed by atoms with Gasteiger partial charge in [-0.1, -0.05) is 18.2 Å². The molecule has 0 saturated heterocycles. The third-order valence-electron chi connectivity index (χ3n) is 3.61. The first-order chi connectivity index (χ1) is 12.6. The summed E-state index contributed by atoms with van der Waals surface area (Å²) >= 11 is 0. The van der Waals surface area contributed by atoms with Crippen molar-refractivity contribution in [1.29, 1.82) is 0 Å². The van der Waals surface area contributed by atoms with Crippen molar-refractivity contribution in [2.24, 2.45) is 0 Å². The molecule has 0 atom stereocenters. The van der Waals surface area contributed by atoms with Crippen LogP contribution in [0.4, 0.5) is 18.9 Å². The molecule has 27 heavy (non-hydrogen) atoms. The highest BCUT2D eigenvalue weighted by atomic mass is 19.4. The van der Waals surface area contributed by atoms with E-state index in [2.05, 4.69) is 4.74 Å². The highest BCUT2D eigenvalue weighted by Crippen LogP contribution is 2.36. The van der Waals surface area contributed by atoms with Gasteiger partial charge >= 0.3 is 18.1 Å². The molecule has 5 nitrogen and oxygen atoms in total. The first kappa shape index (κ1) is 20.0. The number of halogens is 3. The number of alkyl halides is 3.